The van der Waals surface area contributed by atoms with Gasteiger partial charge in [-0.15, -0.1) is 0 Å². The summed E-state index contributed by atoms with van der Waals surface area (Å²) in [6.45, 7) is 4.03. The molecule has 0 unspecified atom stereocenters. The van der Waals surface area contributed by atoms with Crippen LogP contribution in [0.1, 0.15) is 18.9 Å². The molecule has 1 heterocycles. The number of ether oxygens (including phenoxy) is 2. The third kappa shape index (κ3) is 4.85. The van der Waals surface area contributed by atoms with Crippen molar-refractivity contribution in [2.75, 3.05) is 38.0 Å². The Bertz CT molecular complexity index is 1230. The molecule has 1 N–H and O–H groups in total. The lowest BCUT2D eigenvalue weighted by molar-refractivity contribution is 0.356. The molecule has 0 atom stereocenters. The molecule has 0 spiro atoms. The Labute approximate surface area is 195 Å². The highest BCUT2D eigenvalue weighted by Gasteiger charge is 2.16. The summed E-state index contributed by atoms with van der Waals surface area (Å²) in [7, 11) is 5.09. The van der Waals surface area contributed by atoms with E-state index in [2.05, 4.69) is 76.7 Å². The van der Waals surface area contributed by atoms with Gasteiger partial charge in [0, 0.05) is 42.8 Å². The maximum atomic E-state index is 5.55. The summed E-state index contributed by atoms with van der Waals surface area (Å²) in [5.41, 5.74) is 5.12. The highest BCUT2D eigenvalue weighted by molar-refractivity contribution is 5.95. The number of rotatable bonds is 9. The minimum Gasteiger partial charge on any atom is -0.493 e. The number of methoxy groups -OCH3 is 2. The predicted octanol–water partition coefficient (Wildman–Crippen LogP) is 5.77. The minimum atomic E-state index is 0.560. The van der Waals surface area contributed by atoms with Crippen molar-refractivity contribution in [1.82, 2.24) is 9.97 Å². The first kappa shape index (κ1) is 22.4. The average Bonchev–Trinajstić information content (AvgIpc) is 2.87. The maximum Gasteiger partial charge on any atom is 0.223 e. The van der Waals surface area contributed by atoms with E-state index >= 15 is 0 Å². The molecule has 33 heavy (non-hydrogen) atoms. The molecule has 4 rings (SSSR count). The van der Waals surface area contributed by atoms with Gasteiger partial charge < -0.3 is 19.7 Å². The van der Waals surface area contributed by atoms with Gasteiger partial charge in [0.1, 0.15) is 0 Å². The van der Waals surface area contributed by atoms with Crippen LogP contribution >= 0.6 is 0 Å². The standard InChI is InChI=1S/C27H30N4O2/c1-5-14-31(18-19-10-7-6-8-11-19)21-13-9-12-20(15-21)26-22-16-24(32-3)25(33-4)17-23(22)29-27(28-2)30-26/h6-13,15-17H,5,14,18H2,1-4H3,(H,28,29,30). The number of anilines is 2. The number of aromatic nitrogens is 2. The number of nitrogens with one attached hydrogen (secondary N) is 1. The highest BCUT2D eigenvalue weighted by atomic mass is 16.5. The Morgan fingerprint density at radius 3 is 2.33 bits per heavy atom. The smallest absolute Gasteiger partial charge is 0.223 e. The van der Waals surface area contributed by atoms with Gasteiger partial charge in [-0.1, -0.05) is 49.4 Å². The molecule has 0 saturated carbocycles. The second-order valence-electron chi connectivity index (χ2n) is 7.83. The van der Waals surface area contributed by atoms with Crippen molar-refractivity contribution < 1.29 is 9.47 Å². The monoisotopic (exact) mass is 442 g/mol. The molecule has 4 aromatic rings. The largest absolute Gasteiger partial charge is 0.493 e. The molecular weight excluding hydrogens is 412 g/mol. The summed E-state index contributed by atoms with van der Waals surface area (Å²) in [4.78, 5) is 11.9. The third-order valence-corrected chi connectivity index (χ3v) is 5.62. The molecule has 6 nitrogen and oxygen atoms in total. The molecule has 0 aliphatic rings. The van der Waals surface area contributed by atoms with Gasteiger partial charge >= 0.3 is 0 Å². The van der Waals surface area contributed by atoms with E-state index in [9.17, 15) is 0 Å². The Hall–Kier alpha value is -3.80. The zero-order valence-corrected chi connectivity index (χ0v) is 19.6. The number of fused-ring (bicyclic) bond motifs is 1. The minimum absolute atomic E-state index is 0.560. The van der Waals surface area contributed by atoms with Crippen molar-refractivity contribution in [3.63, 3.8) is 0 Å². The SMILES string of the molecule is CCCN(Cc1ccccc1)c1cccc(-c2nc(NC)nc3cc(OC)c(OC)cc23)c1. The quantitative estimate of drug-likeness (QED) is 0.355. The molecule has 6 heteroatoms. The molecule has 0 radical (unpaired) electrons. The fourth-order valence-electron chi connectivity index (χ4n) is 4.01. The van der Waals surface area contributed by atoms with Crippen LogP contribution in [0.2, 0.25) is 0 Å². The van der Waals surface area contributed by atoms with Gasteiger partial charge in [0.15, 0.2) is 11.5 Å². The first-order valence-electron chi connectivity index (χ1n) is 11.2. The van der Waals surface area contributed by atoms with Crippen LogP contribution in [0.5, 0.6) is 11.5 Å². The molecule has 3 aromatic carbocycles. The van der Waals surface area contributed by atoms with Crippen molar-refractivity contribution in [3.8, 4) is 22.8 Å². The summed E-state index contributed by atoms with van der Waals surface area (Å²) in [6.07, 6.45) is 1.06. The van der Waals surface area contributed by atoms with Gasteiger partial charge in [0.2, 0.25) is 5.95 Å². The fourth-order valence-corrected chi connectivity index (χ4v) is 4.01. The lowest BCUT2D eigenvalue weighted by Crippen LogP contribution is -2.23. The van der Waals surface area contributed by atoms with Crippen LogP contribution in [0.25, 0.3) is 22.2 Å². The van der Waals surface area contributed by atoms with Gasteiger partial charge in [-0.2, -0.15) is 0 Å². The van der Waals surface area contributed by atoms with E-state index < -0.39 is 0 Å². The lowest BCUT2D eigenvalue weighted by atomic mass is 10.0. The van der Waals surface area contributed by atoms with Crippen molar-refractivity contribution >= 4 is 22.5 Å². The van der Waals surface area contributed by atoms with Crippen LogP contribution in [-0.4, -0.2) is 37.8 Å². The number of nitrogens with zero attached hydrogens (tertiary/aromatic N) is 3. The third-order valence-electron chi connectivity index (χ3n) is 5.62. The molecular formula is C27H30N4O2. The van der Waals surface area contributed by atoms with Crippen LogP contribution in [0.15, 0.2) is 66.7 Å². The first-order chi connectivity index (χ1) is 16.2. The second kappa shape index (κ2) is 10.2. The van der Waals surface area contributed by atoms with Crippen LogP contribution in [0.3, 0.4) is 0 Å². The average molecular weight is 443 g/mol. The van der Waals surface area contributed by atoms with Crippen LogP contribution in [0.4, 0.5) is 11.6 Å². The van der Waals surface area contributed by atoms with Gasteiger partial charge in [-0.05, 0) is 30.2 Å². The summed E-state index contributed by atoms with van der Waals surface area (Å²) >= 11 is 0. The number of hydrogen-bond donors (Lipinski definition) is 1. The van der Waals surface area contributed by atoms with E-state index in [1.807, 2.05) is 19.2 Å². The zero-order valence-electron chi connectivity index (χ0n) is 19.6. The Balaban J connectivity index is 1.82. The topological polar surface area (TPSA) is 59.5 Å². The second-order valence-corrected chi connectivity index (χ2v) is 7.83. The van der Waals surface area contributed by atoms with Crippen molar-refractivity contribution in [1.29, 1.82) is 0 Å². The van der Waals surface area contributed by atoms with E-state index in [1.165, 1.54) is 5.56 Å². The summed E-state index contributed by atoms with van der Waals surface area (Å²) in [5.74, 6) is 1.85. The Morgan fingerprint density at radius 2 is 1.64 bits per heavy atom. The van der Waals surface area contributed by atoms with E-state index in [0.717, 1.165) is 47.4 Å². The normalized spacial score (nSPS) is 10.8. The Kier molecular flexibility index (Phi) is 6.93. The van der Waals surface area contributed by atoms with Crippen molar-refractivity contribution in [3.05, 3.63) is 72.3 Å². The molecule has 0 saturated heterocycles. The van der Waals surface area contributed by atoms with E-state index in [-0.39, 0.29) is 0 Å². The fraction of sp³-hybridized carbons (Fsp3) is 0.259. The number of benzene rings is 3. The van der Waals surface area contributed by atoms with Gasteiger partial charge in [0.05, 0.1) is 25.4 Å². The van der Waals surface area contributed by atoms with Crippen LogP contribution < -0.4 is 19.7 Å². The molecule has 0 aliphatic heterocycles. The van der Waals surface area contributed by atoms with Crippen LogP contribution in [0, 0.1) is 0 Å². The lowest BCUT2D eigenvalue weighted by Gasteiger charge is -2.25. The van der Waals surface area contributed by atoms with Gasteiger partial charge in [-0.3, -0.25) is 0 Å². The van der Waals surface area contributed by atoms with E-state index in [4.69, 9.17) is 14.5 Å². The van der Waals surface area contributed by atoms with E-state index in [0.29, 0.717) is 17.4 Å². The Morgan fingerprint density at radius 1 is 0.879 bits per heavy atom. The summed E-state index contributed by atoms with van der Waals surface area (Å²) in [5, 5.41) is 3.99. The van der Waals surface area contributed by atoms with Crippen molar-refractivity contribution in [2.24, 2.45) is 0 Å². The zero-order chi connectivity index (χ0) is 23.2. The molecule has 0 bridgehead atoms. The predicted molar refractivity (Wildman–Crippen MR) is 135 cm³/mol. The van der Waals surface area contributed by atoms with Crippen molar-refractivity contribution in [2.45, 2.75) is 19.9 Å². The summed E-state index contributed by atoms with van der Waals surface area (Å²) < 4.78 is 11.0. The molecule has 0 fully saturated rings. The highest BCUT2D eigenvalue weighted by Crippen LogP contribution is 2.37. The van der Waals surface area contributed by atoms with E-state index in [1.54, 1.807) is 14.2 Å². The van der Waals surface area contributed by atoms with Gasteiger partial charge in [-0.25, -0.2) is 9.97 Å². The van der Waals surface area contributed by atoms with Gasteiger partial charge in [0.25, 0.3) is 0 Å². The maximum absolute atomic E-state index is 5.55. The first-order valence-corrected chi connectivity index (χ1v) is 11.2. The molecule has 1 aromatic heterocycles. The molecule has 0 amide bonds. The molecule has 170 valence electrons. The number of hydrogen-bond acceptors (Lipinski definition) is 6. The summed E-state index contributed by atoms with van der Waals surface area (Å²) in [6, 6.07) is 23.0. The van der Waals surface area contributed by atoms with Crippen LogP contribution in [-0.2, 0) is 6.54 Å². The molecule has 0 aliphatic carbocycles.